The van der Waals surface area contributed by atoms with Crippen LogP contribution < -0.4 is 0 Å². The van der Waals surface area contributed by atoms with Gasteiger partial charge in [-0.15, -0.1) is 0 Å². The van der Waals surface area contributed by atoms with Gasteiger partial charge < -0.3 is 14.1 Å². The molecular formula is C13H10N2O3. The maximum Gasteiger partial charge on any atom is 0.323 e. The van der Waals surface area contributed by atoms with Crippen LogP contribution in [-0.4, -0.2) is 20.6 Å². The summed E-state index contributed by atoms with van der Waals surface area (Å²) in [6.07, 6.45) is 3.10. The minimum absolute atomic E-state index is 0.124. The van der Waals surface area contributed by atoms with Gasteiger partial charge in [0.2, 0.25) is 0 Å². The van der Waals surface area contributed by atoms with E-state index in [4.69, 9.17) is 9.52 Å². The summed E-state index contributed by atoms with van der Waals surface area (Å²) in [5.41, 5.74) is 2.35. The lowest BCUT2D eigenvalue weighted by atomic mass is 10.3. The van der Waals surface area contributed by atoms with Gasteiger partial charge in [-0.05, 0) is 18.2 Å². The third-order valence-electron chi connectivity index (χ3n) is 2.73. The van der Waals surface area contributed by atoms with Crippen LogP contribution in [0.4, 0.5) is 0 Å². The van der Waals surface area contributed by atoms with Crippen LogP contribution in [0.15, 0.2) is 47.3 Å². The van der Waals surface area contributed by atoms with Gasteiger partial charge in [0.25, 0.3) is 0 Å². The van der Waals surface area contributed by atoms with Crippen LogP contribution in [0, 0.1) is 0 Å². The van der Waals surface area contributed by atoms with Crippen LogP contribution in [-0.2, 0) is 11.3 Å². The van der Waals surface area contributed by atoms with E-state index < -0.39 is 5.97 Å². The molecule has 2 heterocycles. The Balaban J connectivity index is 2.26. The number of furan rings is 1. The predicted molar refractivity (Wildman–Crippen MR) is 65.1 cm³/mol. The number of nitrogens with zero attached hydrogens (tertiary/aromatic N) is 2. The Hall–Kier alpha value is -2.56. The van der Waals surface area contributed by atoms with Gasteiger partial charge in [-0.25, -0.2) is 4.98 Å². The Morgan fingerprint density at radius 3 is 2.89 bits per heavy atom. The molecule has 90 valence electrons. The fourth-order valence-corrected chi connectivity index (χ4v) is 1.98. The highest BCUT2D eigenvalue weighted by Crippen LogP contribution is 2.24. The maximum absolute atomic E-state index is 11.0. The molecule has 5 nitrogen and oxygen atoms in total. The first kappa shape index (κ1) is 10.6. The summed E-state index contributed by atoms with van der Waals surface area (Å²) in [5, 5.41) is 8.99. The highest BCUT2D eigenvalue weighted by atomic mass is 16.4. The van der Waals surface area contributed by atoms with Gasteiger partial charge in [0.1, 0.15) is 18.6 Å². The SMILES string of the molecule is O=C(O)Cn1c(-c2ccoc2)nc2ccccc21. The van der Waals surface area contributed by atoms with Gasteiger partial charge in [-0.2, -0.15) is 0 Å². The molecule has 0 aliphatic rings. The van der Waals surface area contributed by atoms with Gasteiger partial charge in [0.05, 0.1) is 22.9 Å². The van der Waals surface area contributed by atoms with E-state index in [2.05, 4.69) is 4.98 Å². The Labute approximate surface area is 102 Å². The molecule has 0 aliphatic carbocycles. The first-order valence-corrected chi connectivity index (χ1v) is 5.45. The summed E-state index contributed by atoms with van der Waals surface area (Å²) in [4.78, 5) is 15.4. The number of para-hydroxylation sites is 2. The quantitative estimate of drug-likeness (QED) is 0.765. The van der Waals surface area contributed by atoms with Crippen LogP contribution >= 0.6 is 0 Å². The zero-order valence-electron chi connectivity index (χ0n) is 9.41. The van der Waals surface area contributed by atoms with Crippen LogP contribution in [0.5, 0.6) is 0 Å². The molecule has 0 atom stereocenters. The lowest BCUT2D eigenvalue weighted by Gasteiger charge is -2.04. The number of carbonyl (C=O) groups is 1. The Kier molecular flexibility index (Phi) is 2.37. The van der Waals surface area contributed by atoms with Crippen LogP contribution in [0.1, 0.15) is 0 Å². The van der Waals surface area contributed by atoms with Crippen molar-refractivity contribution in [2.45, 2.75) is 6.54 Å². The van der Waals surface area contributed by atoms with E-state index in [0.717, 1.165) is 16.6 Å². The average molecular weight is 242 g/mol. The van der Waals surface area contributed by atoms with Crippen LogP contribution in [0.2, 0.25) is 0 Å². The summed E-state index contributed by atoms with van der Waals surface area (Å²) in [7, 11) is 0. The van der Waals surface area contributed by atoms with E-state index in [9.17, 15) is 4.79 Å². The molecule has 5 heteroatoms. The molecule has 0 spiro atoms. The van der Waals surface area contributed by atoms with E-state index >= 15 is 0 Å². The molecule has 1 aromatic carbocycles. The zero-order valence-corrected chi connectivity index (χ0v) is 9.41. The van der Waals surface area contributed by atoms with E-state index in [1.165, 1.54) is 0 Å². The van der Waals surface area contributed by atoms with E-state index in [0.29, 0.717) is 5.82 Å². The van der Waals surface area contributed by atoms with E-state index in [-0.39, 0.29) is 6.54 Å². The Morgan fingerprint density at radius 2 is 2.17 bits per heavy atom. The summed E-state index contributed by atoms with van der Waals surface area (Å²) >= 11 is 0. The first-order valence-electron chi connectivity index (χ1n) is 5.45. The van der Waals surface area contributed by atoms with Gasteiger partial charge >= 0.3 is 5.97 Å². The number of carboxylic acids is 1. The Morgan fingerprint density at radius 1 is 1.33 bits per heavy atom. The number of rotatable bonds is 3. The van der Waals surface area contributed by atoms with E-state index in [1.807, 2.05) is 24.3 Å². The third kappa shape index (κ3) is 1.66. The number of carboxylic acid groups (broad SMARTS) is 1. The normalized spacial score (nSPS) is 10.9. The number of hydrogen-bond acceptors (Lipinski definition) is 3. The first-order chi connectivity index (χ1) is 8.75. The molecule has 0 aliphatic heterocycles. The minimum atomic E-state index is -0.900. The fourth-order valence-electron chi connectivity index (χ4n) is 1.98. The van der Waals surface area contributed by atoms with Crippen molar-refractivity contribution in [3.05, 3.63) is 42.9 Å². The van der Waals surface area contributed by atoms with Crippen molar-refractivity contribution < 1.29 is 14.3 Å². The highest BCUT2D eigenvalue weighted by molar-refractivity contribution is 5.82. The topological polar surface area (TPSA) is 68.3 Å². The maximum atomic E-state index is 11.0. The van der Waals surface area contributed by atoms with Gasteiger partial charge in [-0.1, -0.05) is 12.1 Å². The zero-order chi connectivity index (χ0) is 12.5. The third-order valence-corrected chi connectivity index (χ3v) is 2.73. The predicted octanol–water partition coefficient (Wildman–Crippen LogP) is 2.38. The van der Waals surface area contributed by atoms with Crippen molar-refractivity contribution >= 4 is 17.0 Å². The fraction of sp³-hybridized carbons (Fsp3) is 0.0769. The molecule has 18 heavy (non-hydrogen) atoms. The van der Waals surface area contributed by atoms with Gasteiger partial charge in [0, 0.05) is 0 Å². The summed E-state index contributed by atoms with van der Waals surface area (Å²) < 4.78 is 6.69. The molecule has 0 saturated carbocycles. The van der Waals surface area contributed by atoms with Crippen molar-refractivity contribution in [1.29, 1.82) is 0 Å². The summed E-state index contributed by atoms with van der Waals surface area (Å²) in [6.45, 7) is -0.124. The number of aromatic nitrogens is 2. The smallest absolute Gasteiger partial charge is 0.323 e. The lowest BCUT2D eigenvalue weighted by Crippen LogP contribution is -2.09. The monoisotopic (exact) mass is 242 g/mol. The molecule has 1 N–H and O–H groups in total. The second-order valence-electron chi connectivity index (χ2n) is 3.92. The number of benzene rings is 1. The molecular weight excluding hydrogens is 232 g/mol. The lowest BCUT2D eigenvalue weighted by molar-refractivity contribution is -0.137. The molecule has 0 bridgehead atoms. The van der Waals surface area contributed by atoms with Crippen LogP contribution in [0.25, 0.3) is 22.4 Å². The van der Waals surface area contributed by atoms with Crippen molar-refractivity contribution in [3.63, 3.8) is 0 Å². The van der Waals surface area contributed by atoms with Crippen molar-refractivity contribution in [2.75, 3.05) is 0 Å². The second kappa shape index (κ2) is 4.03. The number of hydrogen-bond donors (Lipinski definition) is 1. The number of fused-ring (bicyclic) bond motifs is 1. The second-order valence-corrected chi connectivity index (χ2v) is 3.92. The minimum Gasteiger partial charge on any atom is -0.480 e. The average Bonchev–Trinajstić information content (AvgIpc) is 2.96. The van der Waals surface area contributed by atoms with Crippen molar-refractivity contribution in [1.82, 2.24) is 9.55 Å². The summed E-state index contributed by atoms with van der Waals surface area (Å²) in [5.74, 6) is -0.296. The highest BCUT2D eigenvalue weighted by Gasteiger charge is 2.14. The number of imidazole rings is 1. The molecule has 3 rings (SSSR count). The van der Waals surface area contributed by atoms with E-state index in [1.54, 1.807) is 23.2 Å². The molecule has 0 saturated heterocycles. The van der Waals surface area contributed by atoms with Crippen molar-refractivity contribution in [2.24, 2.45) is 0 Å². The molecule has 0 radical (unpaired) electrons. The van der Waals surface area contributed by atoms with Crippen molar-refractivity contribution in [3.8, 4) is 11.4 Å². The molecule has 2 aromatic heterocycles. The summed E-state index contributed by atoms with van der Waals surface area (Å²) in [6, 6.07) is 9.22. The molecule has 0 amide bonds. The Bertz CT molecular complexity index is 698. The number of aliphatic carboxylic acids is 1. The van der Waals surface area contributed by atoms with Gasteiger partial charge in [0.15, 0.2) is 0 Å². The van der Waals surface area contributed by atoms with Gasteiger partial charge in [-0.3, -0.25) is 4.79 Å². The standard InChI is InChI=1S/C13H10N2O3/c16-12(17)7-15-11-4-2-1-3-10(11)14-13(15)9-5-6-18-8-9/h1-6,8H,7H2,(H,16,17). The largest absolute Gasteiger partial charge is 0.480 e. The van der Waals surface area contributed by atoms with Crippen LogP contribution in [0.3, 0.4) is 0 Å². The molecule has 0 unspecified atom stereocenters. The molecule has 0 fully saturated rings. The molecule has 3 aromatic rings.